The van der Waals surface area contributed by atoms with Gasteiger partial charge in [0.05, 0.1) is 18.3 Å². The number of pyridine rings is 1. The molecule has 5 heteroatoms. The zero-order chi connectivity index (χ0) is 19.7. The number of carbonyl (C=O) groups excluding carboxylic acids is 1. The summed E-state index contributed by atoms with van der Waals surface area (Å²) in [7, 11) is 1.64. The molecule has 1 unspecified atom stereocenters. The number of fused-ring (bicyclic) bond motifs is 3. The van der Waals surface area contributed by atoms with Crippen LogP contribution in [0.25, 0.3) is 33.1 Å². The normalized spacial score (nSPS) is 12.2. The second-order valence-corrected chi connectivity index (χ2v) is 6.96. The van der Waals surface area contributed by atoms with Crippen LogP contribution in [0.15, 0.2) is 54.6 Å². The van der Waals surface area contributed by atoms with E-state index in [1.807, 2.05) is 62.4 Å². The minimum absolute atomic E-state index is 0.0948. The zero-order valence-corrected chi connectivity index (χ0v) is 16.2. The molecule has 5 nitrogen and oxygen atoms in total. The Morgan fingerprint density at radius 1 is 1.14 bits per heavy atom. The maximum absolute atomic E-state index is 12.8. The van der Waals surface area contributed by atoms with Crippen molar-refractivity contribution in [2.45, 2.75) is 26.3 Å². The average Bonchev–Trinajstić information content (AvgIpc) is 3.11. The van der Waals surface area contributed by atoms with Crippen LogP contribution in [0.5, 0.6) is 5.75 Å². The number of hydrogen-bond donors (Lipinski definition) is 2. The van der Waals surface area contributed by atoms with Gasteiger partial charge in [0.1, 0.15) is 11.4 Å². The van der Waals surface area contributed by atoms with Crippen molar-refractivity contribution >= 4 is 27.7 Å². The molecule has 0 radical (unpaired) electrons. The van der Waals surface area contributed by atoms with E-state index in [1.165, 1.54) is 0 Å². The molecule has 0 spiro atoms. The van der Waals surface area contributed by atoms with E-state index in [-0.39, 0.29) is 11.9 Å². The highest BCUT2D eigenvalue weighted by molar-refractivity contribution is 6.13. The lowest BCUT2D eigenvalue weighted by molar-refractivity contribution is 0.0934. The predicted molar refractivity (Wildman–Crippen MR) is 113 cm³/mol. The Bertz CT molecular complexity index is 1150. The first-order chi connectivity index (χ1) is 13.6. The Kier molecular flexibility index (Phi) is 4.74. The molecule has 0 fully saturated rings. The molecule has 1 atom stereocenters. The number of methoxy groups -OCH3 is 1. The Morgan fingerprint density at radius 3 is 2.61 bits per heavy atom. The van der Waals surface area contributed by atoms with Gasteiger partial charge in [0.2, 0.25) is 0 Å². The molecule has 28 heavy (non-hydrogen) atoms. The summed E-state index contributed by atoms with van der Waals surface area (Å²) in [6, 6.07) is 17.8. The van der Waals surface area contributed by atoms with Crippen molar-refractivity contribution < 1.29 is 9.53 Å². The first-order valence-corrected chi connectivity index (χ1v) is 9.47. The number of nitrogens with zero attached hydrogens (tertiary/aromatic N) is 1. The lowest BCUT2D eigenvalue weighted by atomic mass is 10.1. The van der Waals surface area contributed by atoms with Crippen molar-refractivity contribution in [3.8, 4) is 17.0 Å². The van der Waals surface area contributed by atoms with Gasteiger partial charge in [-0.05, 0) is 49.7 Å². The third-order valence-electron chi connectivity index (χ3n) is 5.08. The van der Waals surface area contributed by atoms with Crippen molar-refractivity contribution in [1.29, 1.82) is 0 Å². The van der Waals surface area contributed by atoms with Crippen LogP contribution in [0.4, 0.5) is 0 Å². The van der Waals surface area contributed by atoms with Crippen molar-refractivity contribution in [2.24, 2.45) is 0 Å². The summed E-state index contributed by atoms with van der Waals surface area (Å²) >= 11 is 0. The molecule has 0 saturated heterocycles. The standard InChI is InChI=1S/C23H23N3O2/c1-4-14(2)24-23(27)20-13-18-17-7-5-6-8-19(17)25-22(18)21(26-20)15-9-11-16(28-3)12-10-15/h5-14,25H,4H2,1-3H3,(H,24,27). The molecule has 0 aliphatic carbocycles. The van der Waals surface area contributed by atoms with Crippen molar-refractivity contribution in [3.05, 3.63) is 60.3 Å². The number of para-hydroxylation sites is 1. The molecule has 2 aromatic heterocycles. The van der Waals surface area contributed by atoms with Gasteiger partial charge in [-0.1, -0.05) is 25.1 Å². The first-order valence-electron chi connectivity index (χ1n) is 9.47. The number of aromatic amines is 1. The Labute approximate surface area is 163 Å². The molecule has 0 aliphatic rings. The summed E-state index contributed by atoms with van der Waals surface area (Å²) < 4.78 is 5.27. The molecule has 2 N–H and O–H groups in total. The zero-order valence-electron chi connectivity index (χ0n) is 16.2. The van der Waals surface area contributed by atoms with Crippen LogP contribution in [-0.2, 0) is 0 Å². The number of H-pyrrole nitrogens is 1. The van der Waals surface area contributed by atoms with Crippen LogP contribution in [-0.4, -0.2) is 29.0 Å². The van der Waals surface area contributed by atoms with E-state index in [0.29, 0.717) is 5.69 Å². The quantitative estimate of drug-likeness (QED) is 0.522. The third kappa shape index (κ3) is 3.20. The smallest absolute Gasteiger partial charge is 0.270 e. The van der Waals surface area contributed by atoms with Crippen LogP contribution in [0.1, 0.15) is 30.8 Å². The van der Waals surface area contributed by atoms with Gasteiger partial charge in [0.15, 0.2) is 0 Å². The fourth-order valence-electron chi connectivity index (χ4n) is 3.32. The molecular formula is C23H23N3O2. The Balaban J connectivity index is 1.93. The fraction of sp³-hybridized carbons (Fsp3) is 0.217. The number of amides is 1. The van der Waals surface area contributed by atoms with E-state index in [1.54, 1.807) is 7.11 Å². The molecule has 0 aliphatic heterocycles. The molecule has 4 aromatic rings. The van der Waals surface area contributed by atoms with Gasteiger partial charge in [0, 0.05) is 27.9 Å². The van der Waals surface area contributed by atoms with Gasteiger partial charge < -0.3 is 15.0 Å². The molecular weight excluding hydrogens is 350 g/mol. The van der Waals surface area contributed by atoms with E-state index in [4.69, 9.17) is 9.72 Å². The van der Waals surface area contributed by atoms with Gasteiger partial charge in [-0.15, -0.1) is 0 Å². The fourth-order valence-corrected chi connectivity index (χ4v) is 3.32. The summed E-state index contributed by atoms with van der Waals surface area (Å²) in [4.78, 5) is 21.0. The molecule has 142 valence electrons. The number of nitrogens with one attached hydrogen (secondary N) is 2. The SMILES string of the molecule is CCC(C)NC(=O)c1cc2c([nH]c3ccccc32)c(-c2ccc(OC)cc2)n1. The summed E-state index contributed by atoms with van der Waals surface area (Å²) in [6.45, 7) is 4.04. The predicted octanol–water partition coefficient (Wildman–Crippen LogP) is 4.92. The first kappa shape index (κ1) is 18.0. The van der Waals surface area contributed by atoms with Crippen LogP contribution in [0, 0.1) is 0 Å². The molecule has 1 amide bonds. The number of benzene rings is 2. The average molecular weight is 373 g/mol. The largest absolute Gasteiger partial charge is 0.497 e. The monoisotopic (exact) mass is 373 g/mol. The van der Waals surface area contributed by atoms with Crippen molar-refractivity contribution in [1.82, 2.24) is 15.3 Å². The molecule has 4 rings (SSSR count). The van der Waals surface area contributed by atoms with E-state index >= 15 is 0 Å². The van der Waals surface area contributed by atoms with Gasteiger partial charge in [-0.25, -0.2) is 4.98 Å². The van der Waals surface area contributed by atoms with E-state index in [0.717, 1.165) is 45.2 Å². The minimum atomic E-state index is -0.156. The van der Waals surface area contributed by atoms with Crippen molar-refractivity contribution in [2.75, 3.05) is 7.11 Å². The molecule has 0 saturated carbocycles. The maximum atomic E-state index is 12.8. The van der Waals surface area contributed by atoms with Crippen molar-refractivity contribution in [3.63, 3.8) is 0 Å². The van der Waals surface area contributed by atoms with E-state index < -0.39 is 0 Å². The highest BCUT2D eigenvalue weighted by Crippen LogP contribution is 2.33. The van der Waals surface area contributed by atoms with E-state index in [2.05, 4.69) is 16.4 Å². The van der Waals surface area contributed by atoms with Gasteiger partial charge in [-0.2, -0.15) is 0 Å². The molecule has 2 heterocycles. The number of hydrogen-bond acceptors (Lipinski definition) is 3. The van der Waals surface area contributed by atoms with Gasteiger partial charge in [0.25, 0.3) is 5.91 Å². The number of rotatable bonds is 5. The Morgan fingerprint density at radius 2 is 1.89 bits per heavy atom. The highest BCUT2D eigenvalue weighted by Gasteiger charge is 2.17. The second kappa shape index (κ2) is 7.35. The van der Waals surface area contributed by atoms with Crippen LogP contribution in [0.3, 0.4) is 0 Å². The lowest BCUT2D eigenvalue weighted by Crippen LogP contribution is -2.32. The lowest BCUT2D eigenvalue weighted by Gasteiger charge is -2.12. The Hall–Kier alpha value is -3.34. The number of carbonyl (C=O) groups is 1. The van der Waals surface area contributed by atoms with Crippen LogP contribution < -0.4 is 10.1 Å². The highest BCUT2D eigenvalue weighted by atomic mass is 16.5. The van der Waals surface area contributed by atoms with E-state index in [9.17, 15) is 4.79 Å². The topological polar surface area (TPSA) is 67.0 Å². The molecule has 2 aromatic carbocycles. The number of ether oxygens (including phenoxy) is 1. The summed E-state index contributed by atoms with van der Waals surface area (Å²) in [5.74, 6) is 0.624. The van der Waals surface area contributed by atoms with Crippen LogP contribution >= 0.6 is 0 Å². The summed E-state index contributed by atoms with van der Waals surface area (Å²) in [5.41, 5.74) is 4.05. The van der Waals surface area contributed by atoms with Crippen LogP contribution in [0.2, 0.25) is 0 Å². The number of aromatic nitrogens is 2. The molecule has 0 bridgehead atoms. The second-order valence-electron chi connectivity index (χ2n) is 6.96. The summed E-state index contributed by atoms with van der Waals surface area (Å²) in [6.07, 6.45) is 0.867. The summed E-state index contributed by atoms with van der Waals surface area (Å²) in [5, 5.41) is 5.08. The van der Waals surface area contributed by atoms with Gasteiger partial charge >= 0.3 is 0 Å². The third-order valence-corrected chi connectivity index (χ3v) is 5.08. The minimum Gasteiger partial charge on any atom is -0.497 e. The van der Waals surface area contributed by atoms with Gasteiger partial charge in [-0.3, -0.25) is 4.79 Å². The maximum Gasteiger partial charge on any atom is 0.270 e.